The number of imidazole rings is 1. The molecule has 14 heavy (non-hydrogen) atoms. The Morgan fingerprint density at radius 3 is 3.00 bits per heavy atom. The van der Waals surface area contributed by atoms with Crippen molar-refractivity contribution in [3.05, 3.63) is 24.0 Å². The van der Waals surface area contributed by atoms with Gasteiger partial charge in [0.1, 0.15) is 5.82 Å². The number of aryl methyl sites for hydroxylation is 1. The smallest absolute Gasteiger partial charge is 0.367 e. The molecule has 1 aromatic rings. The summed E-state index contributed by atoms with van der Waals surface area (Å²) >= 11 is 0. The van der Waals surface area contributed by atoms with E-state index in [1.165, 1.54) is 6.20 Å². The standard InChI is InChI=1S/C9H11FN2O2/c1-3-14-9(13)7(10)6-8-11-4-5-12(8)2/h4-6H,3H2,1-2H3/b7-6-. The second kappa shape index (κ2) is 4.55. The molecule has 0 aromatic carbocycles. The minimum atomic E-state index is -0.962. The minimum Gasteiger partial charge on any atom is -0.461 e. The van der Waals surface area contributed by atoms with Crippen LogP contribution in [-0.4, -0.2) is 22.1 Å². The summed E-state index contributed by atoms with van der Waals surface area (Å²) in [7, 11) is 1.71. The molecule has 5 heteroatoms. The number of ether oxygens (including phenoxy) is 1. The lowest BCUT2D eigenvalue weighted by Gasteiger charge is -1.98. The van der Waals surface area contributed by atoms with Crippen molar-refractivity contribution in [2.45, 2.75) is 6.92 Å². The highest BCUT2D eigenvalue weighted by Gasteiger charge is 2.10. The molecule has 0 amide bonds. The Bertz CT molecular complexity index is 357. The highest BCUT2D eigenvalue weighted by molar-refractivity contribution is 5.90. The molecule has 0 aliphatic carbocycles. The summed E-state index contributed by atoms with van der Waals surface area (Å²) in [4.78, 5) is 14.7. The lowest BCUT2D eigenvalue weighted by atomic mass is 10.4. The van der Waals surface area contributed by atoms with Crippen molar-refractivity contribution in [3.8, 4) is 0 Å². The molecule has 0 saturated carbocycles. The van der Waals surface area contributed by atoms with Gasteiger partial charge in [-0.05, 0) is 6.92 Å². The van der Waals surface area contributed by atoms with Gasteiger partial charge in [-0.2, -0.15) is 4.39 Å². The van der Waals surface area contributed by atoms with E-state index >= 15 is 0 Å². The van der Waals surface area contributed by atoms with E-state index in [1.807, 2.05) is 0 Å². The number of aromatic nitrogens is 2. The van der Waals surface area contributed by atoms with E-state index in [1.54, 1.807) is 24.7 Å². The Morgan fingerprint density at radius 2 is 2.50 bits per heavy atom. The molecule has 0 saturated heterocycles. The normalized spacial score (nSPS) is 11.5. The molecule has 0 atom stereocenters. The van der Waals surface area contributed by atoms with E-state index in [9.17, 15) is 9.18 Å². The van der Waals surface area contributed by atoms with Crippen LogP contribution < -0.4 is 0 Å². The summed E-state index contributed by atoms with van der Waals surface area (Å²) in [5.41, 5.74) is 0. The predicted octanol–water partition coefficient (Wildman–Crippen LogP) is 1.29. The molecule has 4 nitrogen and oxygen atoms in total. The van der Waals surface area contributed by atoms with Crippen LogP contribution >= 0.6 is 0 Å². The third-order valence-electron chi connectivity index (χ3n) is 1.58. The molecule has 0 aliphatic heterocycles. The van der Waals surface area contributed by atoms with E-state index in [0.29, 0.717) is 5.82 Å². The van der Waals surface area contributed by atoms with Crippen LogP contribution in [0.5, 0.6) is 0 Å². The molecule has 0 unspecified atom stereocenters. The minimum absolute atomic E-state index is 0.153. The first kappa shape index (κ1) is 10.4. The van der Waals surface area contributed by atoms with E-state index in [4.69, 9.17) is 0 Å². The Kier molecular flexibility index (Phi) is 3.39. The van der Waals surface area contributed by atoms with Crippen LogP contribution in [0.2, 0.25) is 0 Å². The maximum atomic E-state index is 13.1. The van der Waals surface area contributed by atoms with Crippen LogP contribution in [0.25, 0.3) is 6.08 Å². The molecule has 1 aromatic heterocycles. The van der Waals surface area contributed by atoms with Crippen LogP contribution in [0.3, 0.4) is 0 Å². The maximum absolute atomic E-state index is 13.1. The maximum Gasteiger partial charge on any atom is 0.367 e. The lowest BCUT2D eigenvalue weighted by molar-refractivity contribution is -0.140. The molecular weight excluding hydrogens is 187 g/mol. The molecule has 0 spiro atoms. The van der Waals surface area contributed by atoms with Gasteiger partial charge in [-0.1, -0.05) is 0 Å². The van der Waals surface area contributed by atoms with Gasteiger partial charge in [-0.3, -0.25) is 0 Å². The highest BCUT2D eigenvalue weighted by Crippen LogP contribution is 2.06. The fourth-order valence-corrected chi connectivity index (χ4v) is 0.889. The van der Waals surface area contributed by atoms with Crippen molar-refractivity contribution in [1.82, 2.24) is 9.55 Å². The topological polar surface area (TPSA) is 44.1 Å². The van der Waals surface area contributed by atoms with Crippen LogP contribution in [0.4, 0.5) is 4.39 Å². The fourth-order valence-electron chi connectivity index (χ4n) is 0.889. The van der Waals surface area contributed by atoms with E-state index < -0.39 is 11.8 Å². The number of hydrogen-bond acceptors (Lipinski definition) is 3. The summed E-state index contributed by atoms with van der Waals surface area (Å²) in [6.07, 6.45) is 4.21. The average Bonchev–Trinajstić information content (AvgIpc) is 2.52. The number of esters is 1. The van der Waals surface area contributed by atoms with Crippen molar-refractivity contribution in [2.24, 2.45) is 7.05 Å². The molecular formula is C9H11FN2O2. The summed E-state index contributed by atoms with van der Waals surface area (Å²) < 4.78 is 19.1. The zero-order chi connectivity index (χ0) is 10.6. The van der Waals surface area contributed by atoms with Crippen molar-refractivity contribution in [3.63, 3.8) is 0 Å². The number of halogens is 1. The molecule has 76 valence electrons. The van der Waals surface area contributed by atoms with E-state index in [-0.39, 0.29) is 6.61 Å². The Labute approximate surface area is 81.0 Å². The SMILES string of the molecule is CCOC(=O)/C(F)=C/c1nccn1C. The number of hydrogen-bond donors (Lipinski definition) is 0. The molecule has 0 radical (unpaired) electrons. The van der Waals surface area contributed by atoms with Crippen molar-refractivity contribution < 1.29 is 13.9 Å². The highest BCUT2D eigenvalue weighted by atomic mass is 19.1. The first-order chi connectivity index (χ1) is 6.65. The van der Waals surface area contributed by atoms with Gasteiger partial charge in [0.2, 0.25) is 5.83 Å². The Hall–Kier alpha value is -1.65. The van der Waals surface area contributed by atoms with Gasteiger partial charge in [0, 0.05) is 25.5 Å². The first-order valence-electron chi connectivity index (χ1n) is 4.16. The monoisotopic (exact) mass is 198 g/mol. The summed E-state index contributed by atoms with van der Waals surface area (Å²) in [6, 6.07) is 0. The summed E-state index contributed by atoms with van der Waals surface area (Å²) in [6.45, 7) is 1.77. The van der Waals surface area contributed by atoms with Gasteiger partial charge in [-0.15, -0.1) is 0 Å². The molecule has 1 heterocycles. The van der Waals surface area contributed by atoms with Gasteiger partial charge < -0.3 is 9.30 Å². The van der Waals surface area contributed by atoms with Gasteiger partial charge in [0.15, 0.2) is 0 Å². The van der Waals surface area contributed by atoms with Crippen LogP contribution in [-0.2, 0) is 16.6 Å². The average molecular weight is 198 g/mol. The van der Waals surface area contributed by atoms with Crippen molar-refractivity contribution in [2.75, 3.05) is 6.61 Å². The second-order valence-corrected chi connectivity index (χ2v) is 2.61. The largest absolute Gasteiger partial charge is 0.461 e. The molecule has 0 N–H and O–H groups in total. The first-order valence-corrected chi connectivity index (χ1v) is 4.16. The predicted molar refractivity (Wildman–Crippen MR) is 48.9 cm³/mol. The third kappa shape index (κ3) is 2.42. The van der Waals surface area contributed by atoms with Gasteiger partial charge in [-0.25, -0.2) is 9.78 Å². The van der Waals surface area contributed by atoms with Gasteiger partial charge >= 0.3 is 5.97 Å². The third-order valence-corrected chi connectivity index (χ3v) is 1.58. The molecule has 1 rings (SSSR count). The zero-order valence-corrected chi connectivity index (χ0v) is 8.03. The van der Waals surface area contributed by atoms with Crippen LogP contribution in [0.15, 0.2) is 18.2 Å². The fraction of sp³-hybridized carbons (Fsp3) is 0.333. The van der Waals surface area contributed by atoms with Crippen molar-refractivity contribution in [1.29, 1.82) is 0 Å². The van der Waals surface area contributed by atoms with E-state index in [2.05, 4.69) is 9.72 Å². The van der Waals surface area contributed by atoms with Gasteiger partial charge in [0.05, 0.1) is 6.61 Å². The second-order valence-electron chi connectivity index (χ2n) is 2.61. The van der Waals surface area contributed by atoms with Gasteiger partial charge in [0.25, 0.3) is 0 Å². The molecule has 0 bridgehead atoms. The zero-order valence-electron chi connectivity index (χ0n) is 8.03. The Balaban J connectivity index is 2.78. The van der Waals surface area contributed by atoms with E-state index in [0.717, 1.165) is 6.08 Å². The van der Waals surface area contributed by atoms with Crippen LogP contribution in [0.1, 0.15) is 12.7 Å². The number of rotatable bonds is 3. The summed E-state index contributed by atoms with van der Waals surface area (Å²) in [5.74, 6) is -1.53. The number of carbonyl (C=O) groups is 1. The number of carbonyl (C=O) groups excluding carboxylic acids is 1. The Morgan fingerprint density at radius 1 is 1.79 bits per heavy atom. The lowest BCUT2D eigenvalue weighted by Crippen LogP contribution is -2.04. The van der Waals surface area contributed by atoms with Crippen LogP contribution in [0, 0.1) is 0 Å². The molecule has 0 fully saturated rings. The molecule has 0 aliphatic rings. The summed E-state index contributed by atoms with van der Waals surface area (Å²) in [5, 5.41) is 0. The number of nitrogens with zero attached hydrogens (tertiary/aromatic N) is 2. The quantitative estimate of drug-likeness (QED) is 0.543. The van der Waals surface area contributed by atoms with Crippen molar-refractivity contribution >= 4 is 12.0 Å².